The van der Waals surface area contributed by atoms with E-state index in [1.165, 1.54) is 0 Å². The summed E-state index contributed by atoms with van der Waals surface area (Å²) in [4.78, 5) is 10.6. The van der Waals surface area contributed by atoms with Gasteiger partial charge in [-0.3, -0.25) is 4.79 Å². The summed E-state index contributed by atoms with van der Waals surface area (Å²) in [6, 6.07) is -0.375. The summed E-state index contributed by atoms with van der Waals surface area (Å²) in [5.41, 5.74) is 0. The van der Waals surface area contributed by atoms with E-state index in [0.717, 1.165) is 0 Å². The van der Waals surface area contributed by atoms with E-state index in [4.69, 9.17) is 5.11 Å². The Hall–Kier alpha value is -0.570. The van der Waals surface area contributed by atoms with E-state index in [-0.39, 0.29) is 6.04 Å². The number of likely N-dealkylation sites (N-methyl/N-ethyl adjacent to an activating group) is 1. The molecular weight excluding hydrogens is 166 g/mol. The van der Waals surface area contributed by atoms with Crippen molar-refractivity contribution in [3.05, 3.63) is 0 Å². The van der Waals surface area contributed by atoms with Crippen molar-refractivity contribution >= 4 is 5.97 Å². The highest BCUT2D eigenvalue weighted by molar-refractivity contribution is 5.73. The van der Waals surface area contributed by atoms with E-state index in [0.29, 0.717) is 18.9 Å². The van der Waals surface area contributed by atoms with Crippen molar-refractivity contribution in [3.63, 3.8) is 0 Å². The van der Waals surface area contributed by atoms with E-state index in [9.17, 15) is 4.79 Å². The molecule has 0 aromatic heterocycles. The summed E-state index contributed by atoms with van der Waals surface area (Å²) in [7, 11) is 0. The fourth-order valence-corrected chi connectivity index (χ4v) is 0.989. The van der Waals surface area contributed by atoms with Gasteiger partial charge in [0.2, 0.25) is 0 Å². The quantitative estimate of drug-likeness (QED) is 0.696. The molecule has 1 unspecified atom stereocenters. The Morgan fingerprint density at radius 1 is 1.38 bits per heavy atom. The molecule has 0 aromatic rings. The zero-order chi connectivity index (χ0) is 10.9. The predicted molar refractivity (Wildman–Crippen MR) is 55.9 cm³/mol. The van der Waals surface area contributed by atoms with Gasteiger partial charge in [-0.15, -0.1) is 0 Å². The van der Waals surface area contributed by atoms with Crippen LogP contribution in [0.2, 0.25) is 0 Å². The Morgan fingerprint density at radius 2 is 1.85 bits per heavy atom. The summed E-state index contributed by atoms with van der Waals surface area (Å²) in [6.07, 6.45) is 0.698. The lowest BCUT2D eigenvalue weighted by Gasteiger charge is -2.14. The van der Waals surface area contributed by atoms with E-state index >= 15 is 0 Å². The molecule has 0 amide bonds. The van der Waals surface area contributed by atoms with Crippen LogP contribution in [0.4, 0.5) is 0 Å². The first-order chi connectivity index (χ1) is 6.07. The summed E-state index contributed by atoms with van der Waals surface area (Å²) >= 11 is 0. The van der Waals surface area contributed by atoms with Gasteiger partial charge in [-0.25, -0.2) is 0 Å². The van der Waals surface area contributed by atoms with E-state index in [2.05, 4.69) is 5.32 Å². The maximum atomic E-state index is 10.6. The molecule has 3 nitrogen and oxygen atoms in total. The minimum absolute atomic E-state index is 0.375. The third-order valence-electron chi connectivity index (χ3n) is 1.46. The maximum absolute atomic E-state index is 10.6. The van der Waals surface area contributed by atoms with Gasteiger partial charge in [-0.2, -0.15) is 0 Å². The highest BCUT2D eigenvalue weighted by atomic mass is 16.4. The first-order valence-corrected chi connectivity index (χ1v) is 5.04. The molecule has 0 saturated carbocycles. The second-order valence-corrected chi connectivity index (χ2v) is 3.08. The van der Waals surface area contributed by atoms with Gasteiger partial charge in [0.15, 0.2) is 0 Å². The Labute approximate surface area is 81.5 Å². The molecule has 3 heteroatoms. The maximum Gasteiger partial charge on any atom is 0.320 e. The molecule has 1 atom stereocenters. The molecule has 0 saturated heterocycles. The van der Waals surface area contributed by atoms with Crippen LogP contribution in [0.25, 0.3) is 0 Å². The molecule has 2 N–H and O–H groups in total. The number of aliphatic carboxylic acids is 1. The molecule has 13 heavy (non-hydrogen) atoms. The van der Waals surface area contributed by atoms with Crippen LogP contribution >= 0.6 is 0 Å². The van der Waals surface area contributed by atoms with Crippen LogP contribution in [-0.2, 0) is 4.79 Å². The number of carboxylic acids is 1. The molecule has 0 spiro atoms. The van der Waals surface area contributed by atoms with Gasteiger partial charge in [0.25, 0.3) is 0 Å². The summed E-state index contributed by atoms with van der Waals surface area (Å²) < 4.78 is 0. The molecule has 0 aliphatic carbocycles. The van der Waals surface area contributed by atoms with Gasteiger partial charge < -0.3 is 10.4 Å². The van der Waals surface area contributed by atoms with Crippen molar-refractivity contribution in [1.82, 2.24) is 5.32 Å². The Morgan fingerprint density at radius 3 is 2.08 bits per heavy atom. The fourth-order valence-electron chi connectivity index (χ4n) is 0.989. The van der Waals surface area contributed by atoms with Gasteiger partial charge in [0.1, 0.15) is 6.04 Å². The second-order valence-electron chi connectivity index (χ2n) is 3.08. The molecule has 0 aromatic carbocycles. The summed E-state index contributed by atoms with van der Waals surface area (Å²) in [6.45, 7) is 10.7. The summed E-state index contributed by atoms with van der Waals surface area (Å²) in [5.74, 6) is -0.323. The average Bonchev–Trinajstić information content (AvgIpc) is 2.06. The lowest BCUT2D eigenvalue weighted by molar-refractivity contribution is -0.139. The largest absolute Gasteiger partial charge is 0.480 e. The lowest BCUT2D eigenvalue weighted by Crippen LogP contribution is -2.37. The van der Waals surface area contributed by atoms with E-state index < -0.39 is 5.97 Å². The van der Waals surface area contributed by atoms with Gasteiger partial charge in [0, 0.05) is 0 Å². The molecule has 0 aliphatic rings. The number of carboxylic acid groups (broad SMARTS) is 1. The molecule has 0 radical (unpaired) electrons. The number of hydrogen-bond donors (Lipinski definition) is 2. The van der Waals surface area contributed by atoms with Crippen molar-refractivity contribution in [2.75, 3.05) is 6.54 Å². The normalized spacial score (nSPS) is 11.8. The van der Waals surface area contributed by atoms with Gasteiger partial charge in [0.05, 0.1) is 0 Å². The number of rotatable bonds is 5. The van der Waals surface area contributed by atoms with Crippen molar-refractivity contribution in [1.29, 1.82) is 0 Å². The van der Waals surface area contributed by atoms with Crippen molar-refractivity contribution in [2.24, 2.45) is 5.92 Å². The molecule has 0 aliphatic heterocycles. The highest BCUT2D eigenvalue weighted by Gasteiger charge is 2.16. The van der Waals surface area contributed by atoms with Crippen LogP contribution in [0.1, 0.15) is 41.0 Å². The number of nitrogens with one attached hydrogen (secondary N) is 1. The van der Waals surface area contributed by atoms with Gasteiger partial charge >= 0.3 is 5.97 Å². The second kappa shape index (κ2) is 9.52. The van der Waals surface area contributed by atoms with Crippen LogP contribution in [-0.4, -0.2) is 23.7 Å². The smallest absolute Gasteiger partial charge is 0.320 e. The fraction of sp³-hybridized carbons (Fsp3) is 0.900. The third kappa shape index (κ3) is 9.34. The zero-order valence-corrected chi connectivity index (χ0v) is 9.42. The molecule has 80 valence electrons. The minimum Gasteiger partial charge on any atom is -0.480 e. The van der Waals surface area contributed by atoms with Crippen molar-refractivity contribution in [2.45, 2.75) is 47.1 Å². The number of hydrogen-bond acceptors (Lipinski definition) is 2. The first-order valence-electron chi connectivity index (χ1n) is 5.04. The number of carbonyl (C=O) groups is 1. The standard InChI is InChI=1S/C8H17NO2.C2H6/c1-4-9-7(8(10)11)5-6(2)3;1-2/h6-7,9H,4-5H2,1-3H3,(H,10,11);1-2H3. The van der Waals surface area contributed by atoms with Gasteiger partial charge in [-0.1, -0.05) is 34.6 Å². The Balaban J connectivity index is 0. The predicted octanol–water partition coefficient (Wildman–Crippen LogP) is 2.12. The van der Waals surface area contributed by atoms with Crippen molar-refractivity contribution < 1.29 is 9.90 Å². The molecular formula is C10H23NO2. The van der Waals surface area contributed by atoms with Crippen LogP contribution in [0.5, 0.6) is 0 Å². The zero-order valence-electron chi connectivity index (χ0n) is 9.42. The van der Waals surface area contributed by atoms with Crippen LogP contribution in [0.15, 0.2) is 0 Å². The molecule has 0 rings (SSSR count). The topological polar surface area (TPSA) is 49.3 Å². The van der Waals surface area contributed by atoms with E-state index in [1.54, 1.807) is 0 Å². The van der Waals surface area contributed by atoms with Crippen LogP contribution in [0.3, 0.4) is 0 Å². The monoisotopic (exact) mass is 189 g/mol. The van der Waals surface area contributed by atoms with E-state index in [1.807, 2.05) is 34.6 Å². The Bertz CT molecular complexity index is 124. The van der Waals surface area contributed by atoms with Gasteiger partial charge in [-0.05, 0) is 18.9 Å². The summed E-state index contributed by atoms with van der Waals surface area (Å²) in [5, 5.41) is 11.6. The average molecular weight is 189 g/mol. The third-order valence-corrected chi connectivity index (χ3v) is 1.46. The molecule has 0 bridgehead atoms. The van der Waals surface area contributed by atoms with Crippen LogP contribution in [0, 0.1) is 5.92 Å². The van der Waals surface area contributed by atoms with Crippen LogP contribution < -0.4 is 5.32 Å². The molecule has 0 fully saturated rings. The van der Waals surface area contributed by atoms with Crippen molar-refractivity contribution in [3.8, 4) is 0 Å². The molecule has 0 heterocycles. The first kappa shape index (κ1) is 14.9. The Kier molecular flexibility index (Phi) is 10.9. The SMILES string of the molecule is CC.CCNC(CC(C)C)C(=O)O. The minimum atomic E-state index is -0.749. The lowest BCUT2D eigenvalue weighted by atomic mass is 10.0. The highest BCUT2D eigenvalue weighted by Crippen LogP contribution is 2.04.